The van der Waals surface area contributed by atoms with Crippen molar-refractivity contribution in [1.82, 2.24) is 9.55 Å². The average molecular weight is 469 g/mol. The van der Waals surface area contributed by atoms with Crippen molar-refractivity contribution in [2.24, 2.45) is 0 Å². The molecule has 0 aliphatic heterocycles. The third kappa shape index (κ3) is 4.99. The number of amides is 2. The molecule has 1 heterocycles. The zero-order chi connectivity index (χ0) is 24.9. The Balaban J connectivity index is 1.89. The molecule has 4 rings (SSSR count). The highest BCUT2D eigenvalue weighted by Crippen LogP contribution is 2.29. The van der Waals surface area contributed by atoms with Crippen LogP contribution in [0.2, 0.25) is 0 Å². The molecule has 0 radical (unpaired) electrons. The van der Waals surface area contributed by atoms with Crippen molar-refractivity contribution in [3.8, 4) is 11.3 Å². The standard InChI is InChI=1S/C28H28N4O3/c1-4-19-15-16-22(30-25(33)5-2)21(17-19)26-28(35)32(24-14-10-9-13-23(24)31-26)18(3)27(34)29-20-11-7-6-8-12-20/h6-18H,4-5H2,1-3H3,(H,29,34)(H,30,33)/t18-/m0/s1. The number of carbonyl (C=O) groups is 2. The molecule has 35 heavy (non-hydrogen) atoms. The van der Waals surface area contributed by atoms with E-state index in [1.54, 1.807) is 38.1 Å². The van der Waals surface area contributed by atoms with Crippen LogP contribution in [-0.2, 0) is 16.0 Å². The van der Waals surface area contributed by atoms with Crippen LogP contribution in [0.1, 0.15) is 38.8 Å². The van der Waals surface area contributed by atoms with Crippen LogP contribution in [0.15, 0.2) is 77.6 Å². The van der Waals surface area contributed by atoms with E-state index in [4.69, 9.17) is 0 Å². The fraction of sp³-hybridized carbons (Fsp3) is 0.214. The second kappa shape index (κ2) is 10.3. The first-order valence-corrected chi connectivity index (χ1v) is 11.7. The largest absolute Gasteiger partial charge is 0.325 e. The fourth-order valence-corrected chi connectivity index (χ4v) is 3.95. The number of hydrogen-bond donors (Lipinski definition) is 2. The number of aryl methyl sites for hydroxylation is 1. The van der Waals surface area contributed by atoms with E-state index in [0.717, 1.165) is 12.0 Å². The number of anilines is 2. The van der Waals surface area contributed by atoms with Gasteiger partial charge in [-0.05, 0) is 55.3 Å². The monoisotopic (exact) mass is 468 g/mol. The molecule has 0 aliphatic carbocycles. The number of rotatable bonds is 7. The van der Waals surface area contributed by atoms with E-state index < -0.39 is 11.6 Å². The lowest BCUT2D eigenvalue weighted by molar-refractivity contribution is -0.119. The van der Waals surface area contributed by atoms with Gasteiger partial charge >= 0.3 is 0 Å². The van der Waals surface area contributed by atoms with Crippen molar-refractivity contribution in [1.29, 1.82) is 0 Å². The van der Waals surface area contributed by atoms with E-state index in [-0.39, 0.29) is 17.5 Å². The molecule has 178 valence electrons. The summed E-state index contributed by atoms with van der Waals surface area (Å²) in [5.74, 6) is -0.477. The van der Waals surface area contributed by atoms with E-state index >= 15 is 0 Å². The van der Waals surface area contributed by atoms with Crippen molar-refractivity contribution in [2.45, 2.75) is 39.7 Å². The maximum Gasteiger partial charge on any atom is 0.278 e. The van der Waals surface area contributed by atoms with Gasteiger partial charge in [0.05, 0.1) is 16.7 Å². The van der Waals surface area contributed by atoms with Gasteiger partial charge in [0.2, 0.25) is 11.8 Å². The molecule has 7 heteroatoms. The molecule has 0 saturated heterocycles. The normalized spacial score (nSPS) is 11.7. The van der Waals surface area contributed by atoms with Crippen LogP contribution in [-0.4, -0.2) is 21.4 Å². The lowest BCUT2D eigenvalue weighted by Gasteiger charge is -2.20. The van der Waals surface area contributed by atoms with Gasteiger partial charge < -0.3 is 10.6 Å². The van der Waals surface area contributed by atoms with Crippen molar-refractivity contribution in [3.05, 3.63) is 88.7 Å². The summed E-state index contributed by atoms with van der Waals surface area (Å²) in [7, 11) is 0. The van der Waals surface area contributed by atoms with Gasteiger partial charge in [0.15, 0.2) is 0 Å². The Morgan fingerprint density at radius 1 is 0.943 bits per heavy atom. The number of nitrogens with zero attached hydrogens (tertiary/aromatic N) is 2. The predicted octanol–water partition coefficient (Wildman–Crippen LogP) is 5.17. The summed E-state index contributed by atoms with van der Waals surface area (Å²) in [6, 6.07) is 21.1. The van der Waals surface area contributed by atoms with Crippen LogP contribution in [0, 0.1) is 0 Å². The molecule has 4 aromatic rings. The third-order valence-electron chi connectivity index (χ3n) is 5.95. The lowest BCUT2D eigenvalue weighted by Crippen LogP contribution is -2.33. The molecule has 7 nitrogen and oxygen atoms in total. The highest BCUT2D eigenvalue weighted by molar-refractivity contribution is 5.96. The van der Waals surface area contributed by atoms with Crippen LogP contribution in [0.25, 0.3) is 22.3 Å². The fourth-order valence-electron chi connectivity index (χ4n) is 3.95. The van der Waals surface area contributed by atoms with Gasteiger partial charge in [-0.1, -0.05) is 50.2 Å². The first kappa shape index (κ1) is 23.9. The summed E-state index contributed by atoms with van der Waals surface area (Å²) < 4.78 is 1.47. The Morgan fingerprint density at radius 2 is 1.66 bits per heavy atom. The topological polar surface area (TPSA) is 93.1 Å². The van der Waals surface area contributed by atoms with Crippen LogP contribution >= 0.6 is 0 Å². The molecule has 0 fully saturated rings. The maximum atomic E-state index is 13.9. The summed E-state index contributed by atoms with van der Waals surface area (Å²) in [4.78, 5) is 43.9. The van der Waals surface area contributed by atoms with E-state index in [2.05, 4.69) is 15.6 Å². The van der Waals surface area contributed by atoms with E-state index in [9.17, 15) is 14.4 Å². The van der Waals surface area contributed by atoms with Gasteiger partial charge in [0, 0.05) is 17.7 Å². The first-order chi connectivity index (χ1) is 16.9. The molecule has 2 N–H and O–H groups in total. The zero-order valence-electron chi connectivity index (χ0n) is 20.0. The molecular weight excluding hydrogens is 440 g/mol. The lowest BCUT2D eigenvalue weighted by atomic mass is 10.0. The van der Waals surface area contributed by atoms with Gasteiger partial charge in [-0.3, -0.25) is 19.0 Å². The summed E-state index contributed by atoms with van der Waals surface area (Å²) in [5.41, 5.74) is 3.62. The molecule has 1 atom stereocenters. The van der Waals surface area contributed by atoms with Crippen LogP contribution in [0.4, 0.5) is 11.4 Å². The second-order valence-electron chi connectivity index (χ2n) is 8.29. The van der Waals surface area contributed by atoms with Crippen molar-refractivity contribution in [3.63, 3.8) is 0 Å². The first-order valence-electron chi connectivity index (χ1n) is 11.7. The van der Waals surface area contributed by atoms with E-state index in [0.29, 0.717) is 34.4 Å². The summed E-state index contributed by atoms with van der Waals surface area (Å²) in [5, 5.41) is 5.76. The summed E-state index contributed by atoms with van der Waals surface area (Å²) >= 11 is 0. The minimum atomic E-state index is -0.808. The highest BCUT2D eigenvalue weighted by Gasteiger charge is 2.23. The third-order valence-corrected chi connectivity index (χ3v) is 5.95. The van der Waals surface area contributed by atoms with Gasteiger partial charge in [0.1, 0.15) is 11.7 Å². The number of aromatic nitrogens is 2. The van der Waals surface area contributed by atoms with E-state index in [1.165, 1.54) is 4.57 Å². The molecule has 0 unspecified atom stereocenters. The van der Waals surface area contributed by atoms with Gasteiger partial charge in [-0.2, -0.15) is 0 Å². The molecule has 0 bridgehead atoms. The van der Waals surface area contributed by atoms with E-state index in [1.807, 2.05) is 55.5 Å². The number of fused-ring (bicyclic) bond motifs is 1. The van der Waals surface area contributed by atoms with Gasteiger partial charge in [-0.25, -0.2) is 4.98 Å². The molecule has 0 spiro atoms. The summed E-state index contributed by atoms with van der Waals surface area (Å²) in [6.45, 7) is 5.48. The molecule has 2 amide bonds. The SMILES string of the molecule is CCC(=O)Nc1ccc(CC)cc1-c1nc2ccccc2n([C@@H](C)C(=O)Nc2ccccc2)c1=O. The Kier molecular flexibility index (Phi) is 7.06. The highest BCUT2D eigenvalue weighted by atomic mass is 16.2. The smallest absolute Gasteiger partial charge is 0.278 e. The molecule has 0 saturated carbocycles. The minimum absolute atomic E-state index is 0.160. The molecule has 3 aromatic carbocycles. The van der Waals surface area contributed by atoms with Crippen LogP contribution in [0.3, 0.4) is 0 Å². The number of nitrogens with one attached hydrogen (secondary N) is 2. The summed E-state index contributed by atoms with van der Waals surface area (Å²) in [6.07, 6.45) is 1.06. The predicted molar refractivity (Wildman–Crippen MR) is 140 cm³/mol. The van der Waals surface area contributed by atoms with Crippen molar-refractivity contribution >= 4 is 34.2 Å². The second-order valence-corrected chi connectivity index (χ2v) is 8.29. The number of para-hydroxylation sites is 3. The average Bonchev–Trinajstić information content (AvgIpc) is 2.88. The quantitative estimate of drug-likeness (QED) is 0.391. The van der Waals surface area contributed by atoms with Crippen LogP contribution in [0.5, 0.6) is 0 Å². The number of carbonyl (C=O) groups excluding carboxylic acids is 2. The Bertz CT molecular complexity index is 1440. The van der Waals surface area contributed by atoms with Crippen molar-refractivity contribution in [2.75, 3.05) is 10.6 Å². The number of hydrogen-bond acceptors (Lipinski definition) is 4. The maximum absolute atomic E-state index is 13.9. The minimum Gasteiger partial charge on any atom is -0.325 e. The van der Waals surface area contributed by atoms with Crippen molar-refractivity contribution < 1.29 is 9.59 Å². The molecule has 1 aromatic heterocycles. The van der Waals surface area contributed by atoms with Gasteiger partial charge in [0.25, 0.3) is 5.56 Å². The zero-order valence-corrected chi connectivity index (χ0v) is 20.0. The Labute approximate surface area is 203 Å². The Hall–Kier alpha value is -4.26. The van der Waals surface area contributed by atoms with Gasteiger partial charge in [-0.15, -0.1) is 0 Å². The van der Waals surface area contributed by atoms with Crippen LogP contribution < -0.4 is 16.2 Å². The number of benzene rings is 3. The molecular formula is C28H28N4O3. The molecule has 0 aliphatic rings. The Morgan fingerprint density at radius 3 is 2.37 bits per heavy atom.